The second kappa shape index (κ2) is 6.92. The van der Waals surface area contributed by atoms with E-state index in [0.717, 1.165) is 31.9 Å². The molecule has 2 rings (SSSR count). The van der Waals surface area contributed by atoms with Crippen molar-refractivity contribution in [1.82, 2.24) is 10.2 Å². The Hall–Kier alpha value is -1.06. The fourth-order valence-corrected chi connectivity index (χ4v) is 2.51. The van der Waals surface area contributed by atoms with Crippen LogP contribution >= 0.6 is 0 Å². The van der Waals surface area contributed by atoms with Gasteiger partial charge in [-0.1, -0.05) is 12.1 Å². The second-order valence-corrected chi connectivity index (χ2v) is 5.65. The maximum Gasteiger partial charge on any atom is 0.122 e. The third-order valence-electron chi connectivity index (χ3n) is 3.44. The van der Waals surface area contributed by atoms with E-state index in [4.69, 9.17) is 4.74 Å². The van der Waals surface area contributed by atoms with Gasteiger partial charge in [0.15, 0.2) is 0 Å². The molecule has 0 aliphatic carbocycles. The Kier molecular flexibility index (Phi) is 5.23. The van der Waals surface area contributed by atoms with E-state index >= 15 is 0 Å². The third kappa shape index (κ3) is 4.51. The molecule has 0 amide bonds. The van der Waals surface area contributed by atoms with Gasteiger partial charge in [0, 0.05) is 19.6 Å². The Morgan fingerprint density at radius 3 is 2.84 bits per heavy atom. The number of hydrogen-bond acceptors (Lipinski definition) is 3. The van der Waals surface area contributed by atoms with E-state index in [2.05, 4.69) is 49.2 Å². The van der Waals surface area contributed by atoms with Crippen molar-refractivity contribution in [3.63, 3.8) is 0 Å². The number of hydrogen-bond donors (Lipinski definition) is 1. The van der Waals surface area contributed by atoms with Crippen molar-refractivity contribution in [3.8, 4) is 5.75 Å². The van der Waals surface area contributed by atoms with Crippen molar-refractivity contribution in [1.29, 1.82) is 0 Å². The van der Waals surface area contributed by atoms with Crippen molar-refractivity contribution in [2.45, 2.75) is 39.8 Å². The van der Waals surface area contributed by atoms with Crippen molar-refractivity contribution < 1.29 is 4.74 Å². The van der Waals surface area contributed by atoms with Crippen LogP contribution in [0.25, 0.3) is 0 Å². The largest absolute Gasteiger partial charge is 0.491 e. The van der Waals surface area contributed by atoms with E-state index in [0.29, 0.717) is 0 Å². The van der Waals surface area contributed by atoms with Crippen molar-refractivity contribution in [3.05, 3.63) is 29.3 Å². The molecule has 0 radical (unpaired) electrons. The fraction of sp³-hybridized carbons (Fsp3) is 0.625. The molecule has 106 valence electrons. The molecule has 3 nitrogen and oxygen atoms in total. The normalized spacial score (nSPS) is 17.5. The lowest BCUT2D eigenvalue weighted by molar-refractivity contribution is 0.240. The van der Waals surface area contributed by atoms with Crippen LogP contribution in [-0.2, 0) is 6.54 Å². The average Bonchev–Trinajstić information content (AvgIpc) is 2.61. The molecule has 1 aliphatic rings. The smallest absolute Gasteiger partial charge is 0.122 e. The van der Waals surface area contributed by atoms with Crippen LogP contribution in [0.15, 0.2) is 18.2 Å². The molecule has 0 unspecified atom stereocenters. The van der Waals surface area contributed by atoms with E-state index in [1.807, 2.05) is 0 Å². The van der Waals surface area contributed by atoms with Gasteiger partial charge in [-0.2, -0.15) is 0 Å². The number of nitrogens with one attached hydrogen (secondary N) is 1. The molecule has 1 heterocycles. The van der Waals surface area contributed by atoms with Gasteiger partial charge >= 0.3 is 0 Å². The zero-order chi connectivity index (χ0) is 13.7. The van der Waals surface area contributed by atoms with E-state index in [-0.39, 0.29) is 6.10 Å². The topological polar surface area (TPSA) is 24.5 Å². The second-order valence-electron chi connectivity index (χ2n) is 5.65. The van der Waals surface area contributed by atoms with Gasteiger partial charge in [-0.25, -0.2) is 0 Å². The summed E-state index contributed by atoms with van der Waals surface area (Å²) in [6.07, 6.45) is 1.48. The van der Waals surface area contributed by atoms with Gasteiger partial charge in [0.2, 0.25) is 0 Å². The van der Waals surface area contributed by atoms with Crippen LogP contribution in [0.5, 0.6) is 5.75 Å². The summed E-state index contributed by atoms with van der Waals surface area (Å²) in [7, 11) is 0. The number of aryl methyl sites for hydroxylation is 1. The molecule has 0 saturated carbocycles. The summed E-state index contributed by atoms with van der Waals surface area (Å²) in [4.78, 5) is 2.53. The molecule has 0 aromatic heterocycles. The van der Waals surface area contributed by atoms with Gasteiger partial charge in [-0.3, -0.25) is 4.90 Å². The van der Waals surface area contributed by atoms with Crippen molar-refractivity contribution in [2.24, 2.45) is 0 Å². The highest BCUT2D eigenvalue weighted by Gasteiger charge is 2.10. The molecule has 0 bridgehead atoms. The van der Waals surface area contributed by atoms with E-state index < -0.39 is 0 Å². The quantitative estimate of drug-likeness (QED) is 0.902. The van der Waals surface area contributed by atoms with Crippen LogP contribution in [0.3, 0.4) is 0 Å². The zero-order valence-corrected chi connectivity index (χ0v) is 12.4. The lowest BCUT2D eigenvalue weighted by atomic mass is 10.1. The lowest BCUT2D eigenvalue weighted by Gasteiger charge is -2.20. The van der Waals surface area contributed by atoms with E-state index in [1.165, 1.54) is 24.1 Å². The molecule has 1 N–H and O–H groups in total. The summed E-state index contributed by atoms with van der Waals surface area (Å²) in [5, 5.41) is 3.44. The molecule has 1 saturated heterocycles. The first-order valence-corrected chi connectivity index (χ1v) is 7.34. The number of benzene rings is 1. The standard InChI is InChI=1S/C16H26N2O/c1-13(2)19-16-6-5-15(11-14(16)3)12-18-9-4-7-17-8-10-18/h5-6,11,13,17H,4,7-10,12H2,1-3H3. The Balaban J connectivity index is 1.98. The van der Waals surface area contributed by atoms with E-state index in [9.17, 15) is 0 Å². The minimum atomic E-state index is 0.237. The molecule has 1 fully saturated rings. The van der Waals surface area contributed by atoms with E-state index in [1.54, 1.807) is 0 Å². The molecule has 19 heavy (non-hydrogen) atoms. The first-order chi connectivity index (χ1) is 9.15. The monoisotopic (exact) mass is 262 g/mol. The first kappa shape index (κ1) is 14.4. The third-order valence-corrected chi connectivity index (χ3v) is 3.44. The summed E-state index contributed by atoms with van der Waals surface area (Å²) in [5.41, 5.74) is 2.62. The fourth-order valence-electron chi connectivity index (χ4n) is 2.51. The summed E-state index contributed by atoms with van der Waals surface area (Å²) in [6.45, 7) is 11.9. The molecular formula is C16H26N2O. The predicted molar refractivity (Wildman–Crippen MR) is 79.7 cm³/mol. The maximum absolute atomic E-state index is 5.79. The SMILES string of the molecule is Cc1cc(CN2CCCNCC2)ccc1OC(C)C. The Morgan fingerprint density at radius 1 is 1.26 bits per heavy atom. The Labute approximate surface area is 116 Å². The average molecular weight is 262 g/mol. The summed E-state index contributed by atoms with van der Waals surface area (Å²) < 4.78 is 5.79. The minimum Gasteiger partial charge on any atom is -0.491 e. The zero-order valence-electron chi connectivity index (χ0n) is 12.4. The predicted octanol–water partition coefficient (Wildman–Crippen LogP) is 2.58. The van der Waals surface area contributed by atoms with Crippen molar-refractivity contribution >= 4 is 0 Å². The molecule has 1 aromatic rings. The van der Waals surface area contributed by atoms with Crippen LogP contribution in [0.2, 0.25) is 0 Å². The van der Waals surface area contributed by atoms with Gasteiger partial charge in [-0.15, -0.1) is 0 Å². The van der Waals surface area contributed by atoms with Gasteiger partial charge in [0.05, 0.1) is 6.10 Å². The minimum absolute atomic E-state index is 0.237. The van der Waals surface area contributed by atoms with Gasteiger partial charge in [-0.05, 0) is 57.5 Å². The molecular weight excluding hydrogens is 236 g/mol. The number of nitrogens with zero attached hydrogens (tertiary/aromatic N) is 1. The highest BCUT2D eigenvalue weighted by atomic mass is 16.5. The van der Waals surface area contributed by atoms with Crippen LogP contribution < -0.4 is 10.1 Å². The van der Waals surface area contributed by atoms with Crippen LogP contribution in [0, 0.1) is 6.92 Å². The number of rotatable bonds is 4. The lowest BCUT2D eigenvalue weighted by Crippen LogP contribution is -2.27. The van der Waals surface area contributed by atoms with Gasteiger partial charge in [0.1, 0.15) is 5.75 Å². The molecule has 1 aliphatic heterocycles. The van der Waals surface area contributed by atoms with Gasteiger partial charge < -0.3 is 10.1 Å². The molecule has 1 aromatic carbocycles. The first-order valence-electron chi connectivity index (χ1n) is 7.34. The summed E-state index contributed by atoms with van der Waals surface area (Å²) in [6, 6.07) is 6.57. The Bertz CT molecular complexity index is 396. The summed E-state index contributed by atoms with van der Waals surface area (Å²) in [5.74, 6) is 1.01. The van der Waals surface area contributed by atoms with Crippen molar-refractivity contribution in [2.75, 3.05) is 26.2 Å². The highest BCUT2D eigenvalue weighted by molar-refractivity contribution is 5.36. The molecule has 0 atom stereocenters. The molecule has 3 heteroatoms. The van der Waals surface area contributed by atoms with Gasteiger partial charge in [0.25, 0.3) is 0 Å². The Morgan fingerprint density at radius 2 is 2.11 bits per heavy atom. The highest BCUT2D eigenvalue weighted by Crippen LogP contribution is 2.21. The maximum atomic E-state index is 5.79. The van der Waals surface area contributed by atoms with Crippen LogP contribution in [0.4, 0.5) is 0 Å². The summed E-state index contributed by atoms with van der Waals surface area (Å²) >= 11 is 0. The number of ether oxygens (including phenoxy) is 1. The van der Waals surface area contributed by atoms with Crippen LogP contribution in [0.1, 0.15) is 31.4 Å². The van der Waals surface area contributed by atoms with Crippen LogP contribution in [-0.4, -0.2) is 37.2 Å². The molecule has 0 spiro atoms.